The maximum Gasteiger partial charge on any atom is 0.337 e. The van der Waals surface area contributed by atoms with Crippen LogP contribution in [-0.4, -0.2) is 42.8 Å². The maximum absolute atomic E-state index is 14.5. The topological polar surface area (TPSA) is 65.7 Å². The van der Waals surface area contributed by atoms with Crippen molar-refractivity contribution in [3.05, 3.63) is 100 Å². The van der Waals surface area contributed by atoms with E-state index in [2.05, 4.69) is 71.2 Å². The third-order valence-corrected chi connectivity index (χ3v) is 10.0. The molecule has 0 spiro atoms. The number of piperidine rings is 1. The normalized spacial score (nSPS) is 19.7. The third-order valence-electron chi connectivity index (χ3n) is 10.0. The van der Waals surface area contributed by atoms with Gasteiger partial charge in [-0.3, -0.25) is 9.89 Å². The highest BCUT2D eigenvalue weighted by molar-refractivity contribution is 5.92. The molecule has 5 unspecified atom stereocenters. The molecule has 0 saturated carbocycles. The van der Waals surface area contributed by atoms with Gasteiger partial charge >= 0.3 is 5.97 Å². The van der Waals surface area contributed by atoms with Crippen LogP contribution in [0.4, 0.5) is 10.1 Å². The van der Waals surface area contributed by atoms with E-state index in [0.29, 0.717) is 46.9 Å². The molecular formula is C41H54FN3O2. The lowest BCUT2D eigenvalue weighted by molar-refractivity contribution is 0.0600. The number of carbonyl (C=O) groups is 1. The van der Waals surface area contributed by atoms with Crippen LogP contribution < -0.4 is 0 Å². The second-order valence-corrected chi connectivity index (χ2v) is 13.4. The van der Waals surface area contributed by atoms with Gasteiger partial charge in [0.05, 0.1) is 30.0 Å². The summed E-state index contributed by atoms with van der Waals surface area (Å²) in [7, 11) is 1.40. The van der Waals surface area contributed by atoms with Crippen molar-refractivity contribution in [3.63, 3.8) is 0 Å². The van der Waals surface area contributed by atoms with Gasteiger partial charge in [-0.05, 0) is 118 Å². The summed E-state index contributed by atoms with van der Waals surface area (Å²) in [4.78, 5) is 19.7. The summed E-state index contributed by atoms with van der Waals surface area (Å²) in [5.74, 6) is 0.752. The van der Waals surface area contributed by atoms with Gasteiger partial charge in [-0.1, -0.05) is 76.6 Å². The maximum atomic E-state index is 14.5. The first-order valence-corrected chi connectivity index (χ1v) is 17.2. The van der Waals surface area contributed by atoms with Crippen molar-refractivity contribution in [2.75, 3.05) is 20.2 Å². The lowest BCUT2D eigenvalue weighted by Crippen LogP contribution is -2.45. The average Bonchev–Trinajstić information content (AvgIpc) is 3.07. The molecule has 0 aliphatic carbocycles. The highest BCUT2D eigenvalue weighted by atomic mass is 19.1. The van der Waals surface area contributed by atoms with E-state index >= 15 is 0 Å². The zero-order chi connectivity index (χ0) is 34.7. The Morgan fingerprint density at radius 3 is 2.47 bits per heavy atom. The van der Waals surface area contributed by atoms with E-state index in [-0.39, 0.29) is 17.7 Å². The van der Waals surface area contributed by atoms with E-state index in [1.54, 1.807) is 18.2 Å². The van der Waals surface area contributed by atoms with E-state index in [0.717, 1.165) is 55.6 Å². The zero-order valence-electron chi connectivity index (χ0n) is 29.8. The van der Waals surface area contributed by atoms with Crippen LogP contribution >= 0.6 is 0 Å². The zero-order valence-corrected chi connectivity index (χ0v) is 29.8. The predicted octanol–water partition coefficient (Wildman–Crippen LogP) is 9.98. The van der Waals surface area contributed by atoms with Gasteiger partial charge in [-0.2, -0.15) is 5.26 Å². The number of methoxy groups -OCH3 is 1. The molecule has 6 heteroatoms. The van der Waals surface area contributed by atoms with E-state index in [4.69, 9.17) is 15.0 Å². The van der Waals surface area contributed by atoms with Gasteiger partial charge < -0.3 is 4.74 Å². The first-order chi connectivity index (χ1) is 22.4. The number of esters is 1. The molecule has 0 bridgehead atoms. The number of carbonyl (C=O) groups excluding carboxylic acids is 1. The van der Waals surface area contributed by atoms with Crippen LogP contribution in [0.3, 0.4) is 0 Å². The minimum absolute atomic E-state index is 0.0772. The molecule has 1 aliphatic heterocycles. The molecule has 2 aromatic rings. The second kappa shape index (κ2) is 17.9. The van der Waals surface area contributed by atoms with Crippen LogP contribution in [0.15, 0.2) is 77.3 Å². The van der Waals surface area contributed by atoms with Crippen molar-refractivity contribution >= 4 is 17.4 Å². The molecular weight excluding hydrogens is 585 g/mol. The SMILES string of the molecule is C=C(/C=C\C=C(/C(C)CC)C1CCN(CC(=Nc2ccc(C(=O)OC)cc2C)C(C)CC)C(C)C1)C(C)Cc1ccc(C#N)cc1F. The van der Waals surface area contributed by atoms with E-state index in [1.807, 2.05) is 25.1 Å². The molecule has 0 N–H and O–H groups in total. The molecule has 3 rings (SSSR count). The standard InChI is InChI=1S/C41H54FN3O2/c1-10-27(3)37(14-12-13-29(5)30(6)21-35-16-15-33(25-43)24-38(35)42)34-19-20-45(32(8)23-34)26-40(28(4)11-2)44-39-18-17-36(22-31(39)7)41(46)47-9/h12-18,22,24,27-28,30,32,34H,5,10-11,19-21,23,26H2,1-4,6-9H3/b13-12-,37-14+,44-40?. The number of hydrogen-bond acceptors (Lipinski definition) is 5. The molecule has 5 atom stereocenters. The number of halogens is 1. The largest absolute Gasteiger partial charge is 0.465 e. The van der Waals surface area contributed by atoms with Gasteiger partial charge in [-0.25, -0.2) is 9.18 Å². The van der Waals surface area contributed by atoms with Crippen LogP contribution in [0.25, 0.3) is 0 Å². The van der Waals surface area contributed by atoms with Crippen LogP contribution in [-0.2, 0) is 11.2 Å². The van der Waals surface area contributed by atoms with E-state index in [9.17, 15) is 9.18 Å². The lowest BCUT2D eigenvalue weighted by atomic mass is 9.79. The third kappa shape index (κ3) is 10.3. The molecule has 0 radical (unpaired) electrons. The van der Waals surface area contributed by atoms with Crippen molar-refractivity contribution in [2.45, 2.75) is 86.6 Å². The average molecular weight is 640 g/mol. The molecule has 0 aromatic heterocycles. The van der Waals surface area contributed by atoms with Gasteiger partial charge in [0.25, 0.3) is 0 Å². The van der Waals surface area contributed by atoms with Gasteiger partial charge in [0.1, 0.15) is 5.82 Å². The fourth-order valence-electron chi connectivity index (χ4n) is 6.31. The Hall–Kier alpha value is -3.82. The fourth-order valence-corrected chi connectivity index (χ4v) is 6.31. The minimum atomic E-state index is -0.334. The Labute approximate surface area is 282 Å². The molecule has 47 heavy (non-hydrogen) atoms. The molecule has 1 saturated heterocycles. The first-order valence-electron chi connectivity index (χ1n) is 17.2. The molecule has 1 heterocycles. The number of benzene rings is 2. The summed E-state index contributed by atoms with van der Waals surface area (Å²) in [5, 5.41) is 9.03. The van der Waals surface area contributed by atoms with Crippen LogP contribution in [0.5, 0.6) is 0 Å². The van der Waals surface area contributed by atoms with Crippen molar-refractivity contribution in [3.8, 4) is 6.07 Å². The monoisotopic (exact) mass is 639 g/mol. The molecule has 5 nitrogen and oxygen atoms in total. The van der Waals surface area contributed by atoms with Crippen molar-refractivity contribution < 1.29 is 13.9 Å². The van der Waals surface area contributed by atoms with E-state index in [1.165, 1.54) is 24.5 Å². The summed E-state index contributed by atoms with van der Waals surface area (Å²) < 4.78 is 19.4. The van der Waals surface area contributed by atoms with Gasteiger partial charge in [0.15, 0.2) is 0 Å². The molecule has 1 fully saturated rings. The smallest absolute Gasteiger partial charge is 0.337 e. The number of aliphatic imine (C=N–C) groups is 1. The summed E-state index contributed by atoms with van der Waals surface area (Å²) in [6, 6.07) is 12.7. The summed E-state index contributed by atoms with van der Waals surface area (Å²) in [6.45, 7) is 21.6. The Kier molecular flexibility index (Phi) is 14.3. The molecule has 0 amide bonds. The van der Waals surface area contributed by atoms with Crippen molar-refractivity contribution in [2.24, 2.45) is 28.7 Å². The number of likely N-dealkylation sites (tertiary alicyclic amines) is 1. The van der Waals surface area contributed by atoms with Crippen molar-refractivity contribution in [1.29, 1.82) is 5.26 Å². The number of aryl methyl sites for hydroxylation is 1. The van der Waals surface area contributed by atoms with Gasteiger partial charge in [0.2, 0.25) is 0 Å². The predicted molar refractivity (Wildman–Crippen MR) is 193 cm³/mol. The van der Waals surface area contributed by atoms with E-state index < -0.39 is 0 Å². The molecule has 2 aromatic carbocycles. The highest BCUT2D eigenvalue weighted by Gasteiger charge is 2.30. The highest BCUT2D eigenvalue weighted by Crippen LogP contribution is 2.34. The summed E-state index contributed by atoms with van der Waals surface area (Å²) in [5.41, 5.74) is 6.99. The Balaban J connectivity index is 1.71. The number of hydrogen-bond donors (Lipinski definition) is 0. The van der Waals surface area contributed by atoms with Gasteiger partial charge in [0, 0.05) is 18.3 Å². The lowest BCUT2D eigenvalue weighted by Gasteiger charge is -2.40. The Morgan fingerprint density at radius 2 is 1.87 bits per heavy atom. The molecule has 1 aliphatic rings. The van der Waals surface area contributed by atoms with Crippen LogP contribution in [0.2, 0.25) is 0 Å². The number of nitriles is 1. The summed E-state index contributed by atoms with van der Waals surface area (Å²) in [6.07, 6.45) is 11.3. The number of rotatable bonds is 14. The molecule has 252 valence electrons. The van der Waals surface area contributed by atoms with Crippen LogP contribution in [0, 0.1) is 47.7 Å². The second-order valence-electron chi connectivity index (χ2n) is 13.4. The Morgan fingerprint density at radius 1 is 1.15 bits per heavy atom. The number of allylic oxidation sites excluding steroid dienone is 5. The first kappa shape index (κ1) is 37.6. The van der Waals surface area contributed by atoms with Gasteiger partial charge in [-0.15, -0.1) is 0 Å². The minimum Gasteiger partial charge on any atom is -0.465 e. The number of ether oxygens (including phenoxy) is 1. The number of nitrogens with zero attached hydrogens (tertiary/aromatic N) is 3. The van der Waals surface area contributed by atoms with Crippen molar-refractivity contribution in [1.82, 2.24) is 4.90 Å². The quantitative estimate of drug-likeness (QED) is 0.117. The summed E-state index contributed by atoms with van der Waals surface area (Å²) >= 11 is 0. The van der Waals surface area contributed by atoms with Crippen LogP contribution in [0.1, 0.15) is 94.3 Å². The fraction of sp³-hybridized carbons (Fsp3) is 0.488. The Bertz CT molecular complexity index is 1530.